The number of carboxylic acid groups (broad SMARTS) is 1. The Bertz CT molecular complexity index is 809. The highest BCUT2D eigenvalue weighted by Gasteiger charge is 2.28. The Morgan fingerprint density at radius 2 is 1.85 bits per heavy atom. The Labute approximate surface area is 150 Å². The number of aromatic amines is 1. The van der Waals surface area contributed by atoms with Gasteiger partial charge in [0.2, 0.25) is 0 Å². The number of nitrogens with zero attached hydrogens (tertiary/aromatic N) is 2. The summed E-state index contributed by atoms with van der Waals surface area (Å²) in [6.45, 7) is 0.862. The van der Waals surface area contributed by atoms with Crippen LogP contribution in [0.1, 0.15) is 23.3 Å². The zero-order valence-corrected chi connectivity index (χ0v) is 14.7. The molecule has 2 heterocycles. The molecule has 1 aliphatic heterocycles. The second kappa shape index (κ2) is 7.47. The van der Waals surface area contributed by atoms with Crippen LogP contribution in [0.15, 0.2) is 24.3 Å². The van der Waals surface area contributed by atoms with E-state index < -0.39 is 5.97 Å². The number of benzene rings is 1. The molecule has 2 N–H and O–H groups in total. The fraction of sp³-hybridized carbons (Fsp3) is 0.389. The van der Waals surface area contributed by atoms with E-state index in [2.05, 4.69) is 10.2 Å². The van der Waals surface area contributed by atoms with E-state index in [9.17, 15) is 9.59 Å². The van der Waals surface area contributed by atoms with Gasteiger partial charge in [-0.05, 0) is 37.1 Å². The first-order chi connectivity index (χ1) is 12.5. The normalized spacial score (nSPS) is 14.9. The van der Waals surface area contributed by atoms with Gasteiger partial charge in [0, 0.05) is 18.7 Å². The molecule has 8 heteroatoms. The molecule has 1 saturated heterocycles. The summed E-state index contributed by atoms with van der Waals surface area (Å²) < 4.78 is 10.5. The highest BCUT2D eigenvalue weighted by molar-refractivity contribution is 5.93. The quantitative estimate of drug-likeness (QED) is 0.846. The van der Waals surface area contributed by atoms with Crippen LogP contribution >= 0.6 is 0 Å². The van der Waals surface area contributed by atoms with E-state index >= 15 is 0 Å². The van der Waals surface area contributed by atoms with Gasteiger partial charge in [-0.3, -0.25) is 14.7 Å². The van der Waals surface area contributed by atoms with Crippen molar-refractivity contribution in [2.24, 2.45) is 5.92 Å². The van der Waals surface area contributed by atoms with Crippen molar-refractivity contribution < 1.29 is 24.2 Å². The maximum atomic E-state index is 12.6. The average Bonchev–Trinajstić information content (AvgIpc) is 3.17. The molecule has 0 aliphatic carbocycles. The van der Waals surface area contributed by atoms with Crippen LogP contribution in [0.4, 0.5) is 0 Å². The molecule has 3 rings (SSSR count). The lowest BCUT2D eigenvalue weighted by atomic mass is 9.97. The monoisotopic (exact) mass is 359 g/mol. The third-order valence-electron chi connectivity index (χ3n) is 4.62. The van der Waals surface area contributed by atoms with Gasteiger partial charge in [-0.25, -0.2) is 0 Å². The molecule has 0 bridgehead atoms. The summed E-state index contributed by atoms with van der Waals surface area (Å²) in [5.74, 6) is -0.147. The molecule has 8 nitrogen and oxygen atoms in total. The predicted molar refractivity (Wildman–Crippen MR) is 93.4 cm³/mol. The largest absolute Gasteiger partial charge is 0.493 e. The third kappa shape index (κ3) is 3.49. The van der Waals surface area contributed by atoms with Gasteiger partial charge in [0.1, 0.15) is 5.69 Å². The molecular formula is C18H21N3O5. The first-order valence-corrected chi connectivity index (χ1v) is 8.33. The average molecular weight is 359 g/mol. The smallest absolute Gasteiger partial charge is 0.306 e. The molecule has 0 unspecified atom stereocenters. The molecule has 0 radical (unpaired) electrons. The third-order valence-corrected chi connectivity index (χ3v) is 4.62. The van der Waals surface area contributed by atoms with Gasteiger partial charge in [0.15, 0.2) is 11.5 Å². The number of hydrogen-bond acceptors (Lipinski definition) is 5. The van der Waals surface area contributed by atoms with Crippen molar-refractivity contribution >= 4 is 11.9 Å². The SMILES string of the molecule is COc1ccc(-c2cc(C(=O)N3CCC(C(=O)O)CC3)[nH]n2)cc1OC. The van der Waals surface area contributed by atoms with Gasteiger partial charge in [-0.2, -0.15) is 5.10 Å². The van der Waals surface area contributed by atoms with E-state index in [1.165, 1.54) is 0 Å². The number of carbonyl (C=O) groups excluding carboxylic acids is 1. The summed E-state index contributed by atoms with van der Waals surface area (Å²) in [7, 11) is 3.12. The Hall–Kier alpha value is -3.03. The summed E-state index contributed by atoms with van der Waals surface area (Å²) in [6, 6.07) is 7.10. The number of methoxy groups -OCH3 is 2. The number of aromatic nitrogens is 2. The Balaban J connectivity index is 1.74. The van der Waals surface area contributed by atoms with Crippen molar-refractivity contribution in [2.75, 3.05) is 27.3 Å². The number of ether oxygens (including phenoxy) is 2. The number of carbonyl (C=O) groups is 2. The van der Waals surface area contributed by atoms with Gasteiger partial charge >= 0.3 is 5.97 Å². The second-order valence-corrected chi connectivity index (χ2v) is 6.14. The molecule has 2 aromatic rings. The summed E-state index contributed by atoms with van der Waals surface area (Å²) in [5.41, 5.74) is 1.79. The summed E-state index contributed by atoms with van der Waals surface area (Å²) in [6.07, 6.45) is 0.940. The predicted octanol–water partition coefficient (Wildman–Crippen LogP) is 2.03. The fourth-order valence-corrected chi connectivity index (χ4v) is 3.07. The van der Waals surface area contributed by atoms with Crippen molar-refractivity contribution in [3.8, 4) is 22.8 Å². The number of rotatable bonds is 5. The highest BCUT2D eigenvalue weighted by Crippen LogP contribution is 2.32. The standard InChI is InChI=1S/C18H21N3O5/c1-25-15-4-3-12(9-16(15)26-2)13-10-14(20-19-13)17(22)21-7-5-11(6-8-21)18(23)24/h3-4,9-11H,5-8H2,1-2H3,(H,19,20)(H,23,24). The highest BCUT2D eigenvalue weighted by atomic mass is 16.5. The Morgan fingerprint density at radius 1 is 1.15 bits per heavy atom. The molecule has 138 valence electrons. The molecule has 0 spiro atoms. The zero-order valence-electron chi connectivity index (χ0n) is 14.7. The lowest BCUT2D eigenvalue weighted by Crippen LogP contribution is -2.40. The van der Waals surface area contributed by atoms with Crippen LogP contribution in [0.2, 0.25) is 0 Å². The number of nitrogens with one attached hydrogen (secondary N) is 1. The molecule has 0 saturated carbocycles. The summed E-state index contributed by atoms with van der Waals surface area (Å²) >= 11 is 0. The van der Waals surface area contributed by atoms with Crippen molar-refractivity contribution in [1.82, 2.24) is 15.1 Å². The molecule has 1 fully saturated rings. The van der Waals surface area contributed by atoms with Gasteiger partial charge in [0.05, 0.1) is 25.8 Å². The number of amides is 1. The molecule has 1 amide bonds. The Kier molecular flexibility index (Phi) is 5.11. The molecule has 1 aliphatic rings. The van der Waals surface area contributed by atoms with Crippen molar-refractivity contribution in [2.45, 2.75) is 12.8 Å². The maximum absolute atomic E-state index is 12.6. The van der Waals surface area contributed by atoms with E-state index in [0.717, 1.165) is 5.56 Å². The number of likely N-dealkylation sites (tertiary alicyclic amines) is 1. The minimum atomic E-state index is -0.797. The van der Waals surface area contributed by atoms with Crippen LogP contribution < -0.4 is 9.47 Å². The molecular weight excluding hydrogens is 338 g/mol. The first-order valence-electron chi connectivity index (χ1n) is 8.33. The van der Waals surface area contributed by atoms with Gasteiger partial charge in [-0.15, -0.1) is 0 Å². The maximum Gasteiger partial charge on any atom is 0.306 e. The fourth-order valence-electron chi connectivity index (χ4n) is 3.07. The van der Waals surface area contributed by atoms with E-state index in [-0.39, 0.29) is 11.8 Å². The van der Waals surface area contributed by atoms with E-state index in [4.69, 9.17) is 14.6 Å². The number of H-pyrrole nitrogens is 1. The lowest BCUT2D eigenvalue weighted by Gasteiger charge is -2.29. The van der Waals surface area contributed by atoms with Crippen molar-refractivity contribution in [1.29, 1.82) is 0 Å². The molecule has 1 aromatic carbocycles. The van der Waals surface area contributed by atoms with Crippen LogP contribution in [0.25, 0.3) is 11.3 Å². The second-order valence-electron chi connectivity index (χ2n) is 6.14. The van der Waals surface area contributed by atoms with Gasteiger partial charge in [0.25, 0.3) is 5.91 Å². The Morgan fingerprint density at radius 3 is 2.46 bits per heavy atom. The van der Waals surface area contributed by atoms with E-state index in [1.54, 1.807) is 37.3 Å². The number of carboxylic acids is 1. The van der Waals surface area contributed by atoms with Crippen LogP contribution in [0.3, 0.4) is 0 Å². The van der Waals surface area contributed by atoms with Crippen LogP contribution in [0, 0.1) is 5.92 Å². The molecule has 1 aromatic heterocycles. The molecule has 0 atom stereocenters. The van der Waals surface area contributed by atoms with Crippen LogP contribution in [-0.2, 0) is 4.79 Å². The number of hydrogen-bond donors (Lipinski definition) is 2. The topological polar surface area (TPSA) is 105 Å². The van der Waals surface area contributed by atoms with Gasteiger partial charge in [-0.1, -0.05) is 0 Å². The van der Waals surface area contributed by atoms with Crippen LogP contribution in [-0.4, -0.2) is 59.4 Å². The van der Waals surface area contributed by atoms with Crippen molar-refractivity contribution in [3.05, 3.63) is 30.0 Å². The molecule has 26 heavy (non-hydrogen) atoms. The zero-order chi connectivity index (χ0) is 18.7. The van der Waals surface area contributed by atoms with Crippen LogP contribution in [0.5, 0.6) is 11.5 Å². The lowest BCUT2D eigenvalue weighted by molar-refractivity contribution is -0.143. The summed E-state index contributed by atoms with van der Waals surface area (Å²) in [5, 5.41) is 16.0. The number of aliphatic carboxylic acids is 1. The van der Waals surface area contributed by atoms with Crippen molar-refractivity contribution in [3.63, 3.8) is 0 Å². The number of piperidine rings is 1. The summed E-state index contributed by atoms with van der Waals surface area (Å²) in [4.78, 5) is 25.3. The minimum absolute atomic E-state index is 0.173. The van der Waals surface area contributed by atoms with E-state index in [1.807, 2.05) is 6.07 Å². The van der Waals surface area contributed by atoms with Gasteiger partial charge < -0.3 is 19.5 Å². The first kappa shape index (κ1) is 17.8. The minimum Gasteiger partial charge on any atom is -0.493 e. The van der Waals surface area contributed by atoms with E-state index in [0.29, 0.717) is 48.8 Å².